The molecule has 0 aromatic heterocycles. The number of benzene rings is 3. The molecule has 1 fully saturated rings. The zero-order valence-corrected chi connectivity index (χ0v) is 16.8. The second kappa shape index (κ2) is 9.36. The van der Waals surface area contributed by atoms with Gasteiger partial charge < -0.3 is 4.90 Å². The first kappa shape index (κ1) is 19.8. The molecule has 2 nitrogen and oxygen atoms in total. The summed E-state index contributed by atoms with van der Waals surface area (Å²) < 4.78 is 13.5. The first-order valence-electron chi connectivity index (χ1n) is 10.3. The maximum atomic E-state index is 13.5. The molecule has 4 rings (SSSR count). The van der Waals surface area contributed by atoms with Crippen LogP contribution in [-0.4, -0.2) is 23.9 Å². The fourth-order valence-corrected chi connectivity index (χ4v) is 3.71. The Morgan fingerprint density at radius 2 is 1.37 bits per heavy atom. The third-order valence-corrected chi connectivity index (χ3v) is 5.31. The zero-order valence-electron chi connectivity index (χ0n) is 16.8. The number of rotatable bonds is 5. The molecule has 0 unspecified atom stereocenters. The molecule has 0 bridgehead atoms. The van der Waals surface area contributed by atoms with Gasteiger partial charge in [0.05, 0.1) is 0 Å². The number of hydrogen-bond donors (Lipinski definition) is 0. The molecular formula is C27H24FNO. The highest BCUT2D eigenvalue weighted by Crippen LogP contribution is 2.27. The van der Waals surface area contributed by atoms with Crippen molar-refractivity contribution in [1.29, 1.82) is 0 Å². The Labute approximate surface area is 177 Å². The number of nitrogens with zero attached hydrogens (tertiary/aromatic N) is 1. The highest BCUT2D eigenvalue weighted by Gasteiger charge is 2.23. The van der Waals surface area contributed by atoms with E-state index in [2.05, 4.69) is 6.08 Å². The molecule has 1 aliphatic rings. The van der Waals surface area contributed by atoms with E-state index in [9.17, 15) is 9.18 Å². The monoisotopic (exact) mass is 397 g/mol. The van der Waals surface area contributed by atoms with Crippen LogP contribution in [0.4, 0.5) is 4.39 Å². The second-order valence-electron chi connectivity index (χ2n) is 7.44. The lowest BCUT2D eigenvalue weighted by Gasteiger charge is -2.18. The first-order valence-corrected chi connectivity index (χ1v) is 10.3. The van der Waals surface area contributed by atoms with Crippen LogP contribution in [0.2, 0.25) is 0 Å². The van der Waals surface area contributed by atoms with Gasteiger partial charge in [0.1, 0.15) is 5.82 Å². The predicted molar refractivity (Wildman–Crippen MR) is 121 cm³/mol. The summed E-state index contributed by atoms with van der Waals surface area (Å²) in [5.41, 5.74) is 4.33. The Kier molecular flexibility index (Phi) is 6.19. The molecule has 3 aromatic rings. The van der Waals surface area contributed by atoms with Crippen LogP contribution in [0.3, 0.4) is 0 Å². The lowest BCUT2D eigenvalue weighted by molar-refractivity contribution is -0.124. The summed E-state index contributed by atoms with van der Waals surface area (Å²) in [5, 5.41) is 0. The van der Waals surface area contributed by atoms with Crippen molar-refractivity contribution in [2.24, 2.45) is 0 Å². The van der Waals surface area contributed by atoms with Crippen LogP contribution in [-0.2, 0) is 4.79 Å². The molecule has 1 aliphatic heterocycles. The third-order valence-electron chi connectivity index (χ3n) is 5.31. The van der Waals surface area contributed by atoms with Crippen molar-refractivity contribution >= 4 is 23.1 Å². The van der Waals surface area contributed by atoms with Gasteiger partial charge in [-0.2, -0.15) is 0 Å². The lowest BCUT2D eigenvalue weighted by atomic mass is 9.96. The van der Waals surface area contributed by atoms with Crippen LogP contribution in [0.15, 0.2) is 91.0 Å². The van der Waals surface area contributed by atoms with E-state index in [1.165, 1.54) is 12.1 Å². The highest BCUT2D eigenvalue weighted by molar-refractivity contribution is 6.22. The van der Waals surface area contributed by atoms with Crippen molar-refractivity contribution in [3.63, 3.8) is 0 Å². The van der Waals surface area contributed by atoms with Crippen molar-refractivity contribution in [3.8, 4) is 0 Å². The van der Waals surface area contributed by atoms with Crippen LogP contribution in [0, 0.1) is 5.82 Å². The molecule has 30 heavy (non-hydrogen) atoms. The van der Waals surface area contributed by atoms with Gasteiger partial charge in [0, 0.05) is 18.7 Å². The molecule has 0 radical (unpaired) electrons. The topological polar surface area (TPSA) is 20.3 Å². The molecule has 0 saturated carbocycles. The van der Waals surface area contributed by atoms with Gasteiger partial charge in [0.25, 0.3) is 5.91 Å². The van der Waals surface area contributed by atoms with Gasteiger partial charge in [-0.25, -0.2) is 4.39 Å². The van der Waals surface area contributed by atoms with Crippen LogP contribution >= 0.6 is 0 Å². The normalized spacial score (nSPS) is 14.8. The van der Waals surface area contributed by atoms with Crippen LogP contribution < -0.4 is 0 Å². The van der Waals surface area contributed by atoms with Gasteiger partial charge in [-0.3, -0.25) is 4.79 Å². The minimum Gasteiger partial charge on any atom is -0.339 e. The Morgan fingerprint density at radius 1 is 0.767 bits per heavy atom. The number of allylic oxidation sites excluding steroid dienone is 2. The predicted octanol–water partition coefficient (Wildman–Crippen LogP) is 6.07. The van der Waals surface area contributed by atoms with E-state index in [0.717, 1.165) is 48.2 Å². The standard InChI is InChI=1S/C27H24FNO/c28-25-15-13-23(14-16-25)26(27(30)29-17-7-8-18-29)20-24(22-11-5-2-6-12-22)19-21-9-3-1-4-10-21/h1-6,9-16,19-20H,7-8,17-18H2/b24-19-,26-20-. The second-order valence-corrected chi connectivity index (χ2v) is 7.44. The molecule has 150 valence electrons. The molecule has 0 atom stereocenters. The summed E-state index contributed by atoms with van der Waals surface area (Å²) in [4.78, 5) is 15.3. The Hall–Kier alpha value is -3.46. The van der Waals surface area contributed by atoms with E-state index in [0.29, 0.717) is 5.57 Å². The molecule has 0 spiro atoms. The maximum Gasteiger partial charge on any atom is 0.254 e. The number of hydrogen-bond acceptors (Lipinski definition) is 1. The maximum absolute atomic E-state index is 13.5. The number of carbonyl (C=O) groups is 1. The summed E-state index contributed by atoms with van der Waals surface area (Å²) >= 11 is 0. The van der Waals surface area contributed by atoms with Crippen molar-refractivity contribution < 1.29 is 9.18 Å². The van der Waals surface area contributed by atoms with Crippen LogP contribution in [0.5, 0.6) is 0 Å². The summed E-state index contributed by atoms with van der Waals surface area (Å²) in [6.07, 6.45) is 6.06. The fourth-order valence-electron chi connectivity index (χ4n) is 3.71. The molecule has 1 heterocycles. The van der Waals surface area contributed by atoms with Gasteiger partial charge in [-0.15, -0.1) is 0 Å². The van der Waals surface area contributed by atoms with E-state index in [-0.39, 0.29) is 11.7 Å². The number of carbonyl (C=O) groups excluding carboxylic acids is 1. The van der Waals surface area contributed by atoms with Gasteiger partial charge in [-0.1, -0.05) is 72.8 Å². The summed E-state index contributed by atoms with van der Waals surface area (Å²) in [6, 6.07) is 26.2. The molecule has 1 amide bonds. The van der Waals surface area contributed by atoms with E-state index in [1.807, 2.05) is 71.6 Å². The summed E-state index contributed by atoms with van der Waals surface area (Å²) in [6.45, 7) is 1.53. The van der Waals surface area contributed by atoms with Gasteiger partial charge in [0.2, 0.25) is 0 Å². The summed E-state index contributed by atoms with van der Waals surface area (Å²) in [5.74, 6) is -0.316. The highest BCUT2D eigenvalue weighted by atomic mass is 19.1. The van der Waals surface area contributed by atoms with E-state index in [1.54, 1.807) is 12.1 Å². The molecule has 0 aliphatic carbocycles. The van der Waals surface area contributed by atoms with Gasteiger partial charge in [0.15, 0.2) is 0 Å². The van der Waals surface area contributed by atoms with Crippen molar-refractivity contribution in [2.45, 2.75) is 12.8 Å². The minimum absolute atomic E-state index is 0.00555. The SMILES string of the molecule is O=C(/C(=C\C(=C\c1ccccc1)c1ccccc1)c1ccc(F)cc1)N1CCCC1. The Morgan fingerprint density at radius 3 is 2.00 bits per heavy atom. The van der Waals surface area contributed by atoms with Crippen LogP contribution in [0.1, 0.15) is 29.5 Å². The smallest absolute Gasteiger partial charge is 0.254 e. The molecule has 0 N–H and O–H groups in total. The van der Waals surface area contributed by atoms with Crippen LogP contribution in [0.25, 0.3) is 17.2 Å². The average molecular weight is 397 g/mol. The Bertz CT molecular complexity index is 1050. The fraction of sp³-hybridized carbons (Fsp3) is 0.148. The Balaban J connectivity index is 1.84. The number of likely N-dealkylation sites (tertiary alicyclic amines) is 1. The first-order chi connectivity index (χ1) is 14.7. The molecule has 3 aromatic carbocycles. The van der Waals surface area contributed by atoms with E-state index >= 15 is 0 Å². The van der Waals surface area contributed by atoms with Gasteiger partial charge >= 0.3 is 0 Å². The average Bonchev–Trinajstić information content (AvgIpc) is 3.33. The van der Waals surface area contributed by atoms with E-state index in [4.69, 9.17) is 0 Å². The van der Waals surface area contributed by atoms with E-state index < -0.39 is 0 Å². The quantitative estimate of drug-likeness (QED) is 0.291. The molecule has 3 heteroatoms. The summed E-state index contributed by atoms with van der Waals surface area (Å²) in [7, 11) is 0. The zero-order chi connectivity index (χ0) is 20.8. The lowest BCUT2D eigenvalue weighted by Crippen LogP contribution is -2.28. The number of amides is 1. The minimum atomic E-state index is -0.310. The van der Waals surface area contributed by atoms with Crippen molar-refractivity contribution in [1.82, 2.24) is 4.90 Å². The number of halogens is 1. The van der Waals surface area contributed by atoms with Gasteiger partial charge in [-0.05, 0) is 59.4 Å². The van der Waals surface area contributed by atoms with Crippen molar-refractivity contribution in [2.75, 3.05) is 13.1 Å². The third kappa shape index (κ3) is 4.74. The molecular weight excluding hydrogens is 373 g/mol. The largest absolute Gasteiger partial charge is 0.339 e. The molecule has 1 saturated heterocycles. The van der Waals surface area contributed by atoms with Crippen molar-refractivity contribution in [3.05, 3.63) is 114 Å².